The third-order valence-electron chi connectivity index (χ3n) is 7.79. The molecule has 182 valence electrons. The van der Waals surface area contributed by atoms with Crippen molar-refractivity contribution in [2.24, 2.45) is 0 Å². The third kappa shape index (κ3) is 4.10. The van der Waals surface area contributed by atoms with Crippen LogP contribution >= 0.6 is 0 Å². The summed E-state index contributed by atoms with van der Waals surface area (Å²) in [6, 6.07) is 9.33. The number of piperidine rings is 1. The van der Waals surface area contributed by atoms with Gasteiger partial charge in [-0.25, -0.2) is 0 Å². The van der Waals surface area contributed by atoms with Crippen LogP contribution in [0.2, 0.25) is 0 Å². The number of carbonyl (C=O) groups excluding carboxylic acids is 1. The van der Waals surface area contributed by atoms with Gasteiger partial charge in [-0.3, -0.25) is 9.69 Å². The Hall–Kier alpha value is -3.23. The molecule has 5 heterocycles. The van der Waals surface area contributed by atoms with Crippen LogP contribution < -0.4 is 0 Å². The third-order valence-corrected chi connectivity index (χ3v) is 7.79. The summed E-state index contributed by atoms with van der Waals surface area (Å²) in [6.07, 6.45) is 6.73. The minimum atomic E-state index is 0.0717. The van der Waals surface area contributed by atoms with Gasteiger partial charge in [0.15, 0.2) is 5.65 Å². The molecule has 6 rings (SSSR count). The Labute approximate surface area is 204 Å². The van der Waals surface area contributed by atoms with Gasteiger partial charge in [0, 0.05) is 35.2 Å². The second-order valence-corrected chi connectivity index (χ2v) is 9.99. The van der Waals surface area contributed by atoms with E-state index in [9.17, 15) is 9.90 Å². The zero-order valence-electron chi connectivity index (χ0n) is 20.0. The topological polar surface area (TPSA) is 94.6 Å². The number of ether oxygens (including phenoxy) is 1. The van der Waals surface area contributed by atoms with Gasteiger partial charge in [-0.2, -0.15) is 0 Å². The van der Waals surface area contributed by atoms with Gasteiger partial charge in [-0.1, -0.05) is 18.2 Å². The number of phenolic OH excluding ortho intramolecular Hbond substituents is 1. The molecule has 3 aliphatic rings. The number of hydrogen-bond donors (Lipinski definition) is 2. The predicted octanol–water partition coefficient (Wildman–Crippen LogP) is 3.37. The van der Waals surface area contributed by atoms with Crippen LogP contribution in [0, 0.1) is 6.92 Å². The highest BCUT2D eigenvalue weighted by Crippen LogP contribution is 2.40. The zero-order valence-corrected chi connectivity index (χ0v) is 20.0. The lowest BCUT2D eigenvalue weighted by atomic mass is 9.82. The van der Waals surface area contributed by atoms with Gasteiger partial charge >= 0.3 is 0 Å². The van der Waals surface area contributed by atoms with Gasteiger partial charge in [-0.05, 0) is 63.0 Å². The maximum atomic E-state index is 13.1. The summed E-state index contributed by atoms with van der Waals surface area (Å²) in [5.74, 6) is 0.595. The van der Waals surface area contributed by atoms with Gasteiger partial charge in [0.25, 0.3) is 0 Å². The van der Waals surface area contributed by atoms with Gasteiger partial charge in [0.1, 0.15) is 5.75 Å². The zero-order chi connectivity index (χ0) is 23.9. The SMILES string of the molecule is Cc1c(C2C[C@H]3COC[C@@H](C2)N3C(=O)/C=C/CN2CCC2)[nH]c2nnc(-c3ccccc3O)cc12. The van der Waals surface area contributed by atoms with E-state index in [0.29, 0.717) is 30.4 Å². The fourth-order valence-electron chi connectivity index (χ4n) is 5.83. The average Bonchev–Trinajstić information content (AvgIpc) is 3.16. The molecule has 2 N–H and O–H groups in total. The lowest BCUT2D eigenvalue weighted by molar-refractivity contribution is -0.146. The Kier molecular flexibility index (Phi) is 5.78. The molecule has 2 aromatic heterocycles. The molecule has 0 spiro atoms. The highest BCUT2D eigenvalue weighted by Gasteiger charge is 2.42. The Morgan fingerprint density at radius 3 is 2.69 bits per heavy atom. The fraction of sp³-hybridized carbons (Fsp3) is 0.444. The largest absolute Gasteiger partial charge is 0.507 e. The summed E-state index contributed by atoms with van der Waals surface area (Å²) < 4.78 is 5.85. The van der Waals surface area contributed by atoms with E-state index in [0.717, 1.165) is 49.1 Å². The van der Waals surface area contributed by atoms with E-state index < -0.39 is 0 Å². The average molecular weight is 474 g/mol. The number of amides is 1. The van der Waals surface area contributed by atoms with Crippen molar-refractivity contribution in [1.29, 1.82) is 0 Å². The quantitative estimate of drug-likeness (QED) is 0.552. The number of aromatic amines is 1. The molecule has 35 heavy (non-hydrogen) atoms. The maximum Gasteiger partial charge on any atom is 0.246 e. The van der Waals surface area contributed by atoms with E-state index in [4.69, 9.17) is 4.74 Å². The van der Waals surface area contributed by atoms with Crippen LogP contribution in [0.4, 0.5) is 0 Å². The number of hydrogen-bond acceptors (Lipinski definition) is 6. The number of nitrogens with one attached hydrogen (secondary N) is 1. The van der Waals surface area contributed by atoms with E-state index in [-0.39, 0.29) is 23.7 Å². The Bertz CT molecular complexity index is 1270. The van der Waals surface area contributed by atoms with Crippen molar-refractivity contribution in [1.82, 2.24) is 25.0 Å². The molecule has 2 bridgehead atoms. The van der Waals surface area contributed by atoms with Gasteiger partial charge in [0.2, 0.25) is 5.91 Å². The number of aryl methyl sites for hydroxylation is 1. The van der Waals surface area contributed by atoms with Crippen molar-refractivity contribution in [3.05, 3.63) is 53.7 Å². The maximum absolute atomic E-state index is 13.1. The number of phenols is 1. The number of likely N-dealkylation sites (tertiary alicyclic amines) is 1. The molecule has 3 aliphatic heterocycles. The number of benzene rings is 1. The minimum absolute atomic E-state index is 0.0717. The molecule has 0 saturated carbocycles. The van der Waals surface area contributed by atoms with Crippen molar-refractivity contribution in [3.8, 4) is 17.0 Å². The summed E-state index contributed by atoms with van der Waals surface area (Å²) in [6.45, 7) is 6.39. The van der Waals surface area contributed by atoms with Crippen LogP contribution in [-0.2, 0) is 9.53 Å². The highest BCUT2D eigenvalue weighted by atomic mass is 16.5. The van der Waals surface area contributed by atoms with Crippen LogP contribution in [0.25, 0.3) is 22.3 Å². The summed E-state index contributed by atoms with van der Waals surface area (Å²) >= 11 is 0. The van der Waals surface area contributed by atoms with Crippen molar-refractivity contribution in [3.63, 3.8) is 0 Å². The van der Waals surface area contributed by atoms with Crippen molar-refractivity contribution in [2.75, 3.05) is 32.8 Å². The highest BCUT2D eigenvalue weighted by molar-refractivity contribution is 5.88. The first-order valence-corrected chi connectivity index (χ1v) is 12.5. The summed E-state index contributed by atoms with van der Waals surface area (Å²) in [4.78, 5) is 21.0. The number of morpholine rings is 1. The molecule has 1 aromatic carbocycles. The summed E-state index contributed by atoms with van der Waals surface area (Å²) in [5, 5.41) is 20.0. The molecule has 8 nitrogen and oxygen atoms in total. The van der Waals surface area contributed by atoms with Crippen molar-refractivity contribution >= 4 is 16.9 Å². The summed E-state index contributed by atoms with van der Waals surface area (Å²) in [7, 11) is 0. The van der Waals surface area contributed by atoms with Crippen LogP contribution in [0.3, 0.4) is 0 Å². The number of aromatic hydroxyl groups is 1. The van der Waals surface area contributed by atoms with Crippen molar-refractivity contribution in [2.45, 2.75) is 44.2 Å². The first-order chi connectivity index (χ1) is 17.1. The minimum Gasteiger partial charge on any atom is -0.507 e. The van der Waals surface area contributed by atoms with Gasteiger partial charge < -0.3 is 19.7 Å². The standard InChI is InChI=1S/C27H31N5O3/c1-17-22-14-23(21-6-2-3-7-24(21)33)29-30-27(22)28-26(17)18-12-19-15-35-16-20(13-18)32(19)25(34)8-4-9-31-10-5-11-31/h2-4,6-8,14,18-20,33H,5,9-13,15-16H2,1H3,(H,28,30)/b8-4+/t18?,19-,20+. The molecule has 3 saturated heterocycles. The Morgan fingerprint density at radius 2 is 1.97 bits per heavy atom. The number of rotatable bonds is 5. The van der Waals surface area contributed by atoms with Crippen LogP contribution in [-0.4, -0.2) is 80.9 Å². The van der Waals surface area contributed by atoms with Crippen LogP contribution in [0.15, 0.2) is 42.5 Å². The van der Waals surface area contributed by atoms with E-state index in [2.05, 4.69) is 31.9 Å². The van der Waals surface area contributed by atoms with E-state index in [1.807, 2.05) is 24.3 Å². The normalized spacial score (nSPS) is 24.7. The molecular weight excluding hydrogens is 442 g/mol. The lowest BCUT2D eigenvalue weighted by Crippen LogP contribution is -2.58. The second kappa shape index (κ2) is 9.09. The Balaban J connectivity index is 1.23. The fourth-order valence-corrected chi connectivity index (χ4v) is 5.83. The first-order valence-electron chi connectivity index (χ1n) is 12.5. The number of carbonyl (C=O) groups is 1. The van der Waals surface area contributed by atoms with E-state index in [1.165, 1.54) is 12.1 Å². The molecule has 8 heteroatoms. The van der Waals surface area contributed by atoms with Gasteiger partial charge in [0.05, 0.1) is 31.0 Å². The molecule has 1 amide bonds. The smallest absolute Gasteiger partial charge is 0.246 e. The second-order valence-electron chi connectivity index (χ2n) is 9.99. The predicted molar refractivity (Wildman–Crippen MR) is 133 cm³/mol. The number of nitrogens with zero attached hydrogens (tertiary/aromatic N) is 4. The molecule has 3 fully saturated rings. The van der Waals surface area contributed by atoms with Crippen molar-refractivity contribution < 1.29 is 14.6 Å². The number of H-pyrrole nitrogens is 1. The monoisotopic (exact) mass is 473 g/mol. The number of aromatic nitrogens is 3. The molecule has 0 aliphatic carbocycles. The first kappa shape index (κ1) is 22.2. The van der Waals surface area contributed by atoms with E-state index in [1.54, 1.807) is 18.2 Å². The van der Waals surface area contributed by atoms with E-state index >= 15 is 0 Å². The Morgan fingerprint density at radius 1 is 1.20 bits per heavy atom. The molecule has 3 atom stereocenters. The van der Waals surface area contributed by atoms with Crippen LogP contribution in [0.5, 0.6) is 5.75 Å². The van der Waals surface area contributed by atoms with Crippen LogP contribution in [0.1, 0.15) is 36.4 Å². The number of para-hydroxylation sites is 1. The van der Waals surface area contributed by atoms with Gasteiger partial charge in [-0.15, -0.1) is 10.2 Å². The molecule has 0 radical (unpaired) electrons. The molecular formula is C27H31N5O3. The summed E-state index contributed by atoms with van der Waals surface area (Å²) in [5.41, 5.74) is 4.40. The lowest BCUT2D eigenvalue weighted by Gasteiger charge is -2.48. The molecule has 1 unspecified atom stereocenters. The number of fused-ring (bicyclic) bond motifs is 3. The molecule has 3 aromatic rings.